The highest BCUT2D eigenvalue weighted by atomic mass is 16.5. The number of amides is 2. The van der Waals surface area contributed by atoms with Crippen molar-refractivity contribution in [3.63, 3.8) is 0 Å². The fourth-order valence-electron chi connectivity index (χ4n) is 3.34. The molecule has 2 amide bonds. The number of carbonyl (C=O) groups is 2. The number of nitrogens with one attached hydrogen (secondary N) is 2. The minimum absolute atomic E-state index is 0.106. The lowest BCUT2D eigenvalue weighted by atomic mass is 10.2. The Kier molecular flexibility index (Phi) is 13.0. The van der Waals surface area contributed by atoms with E-state index < -0.39 is 0 Å². The molecule has 198 valence electrons. The monoisotopic (exact) mass is 500 g/mol. The molecule has 2 rings (SSSR count). The first-order valence-corrected chi connectivity index (χ1v) is 12.6. The summed E-state index contributed by atoms with van der Waals surface area (Å²) < 4.78 is 22.3. The van der Waals surface area contributed by atoms with Gasteiger partial charge in [0.05, 0.1) is 27.4 Å². The predicted octanol–water partition coefficient (Wildman–Crippen LogP) is 4.77. The van der Waals surface area contributed by atoms with Crippen LogP contribution in [0.15, 0.2) is 36.4 Å². The van der Waals surface area contributed by atoms with Crippen LogP contribution in [0.4, 0.5) is 0 Å². The van der Waals surface area contributed by atoms with E-state index in [0.29, 0.717) is 49.3 Å². The number of unbranched alkanes of at least 4 members (excludes halogenated alkanes) is 2. The molecule has 0 radical (unpaired) electrons. The maximum atomic E-state index is 12.2. The summed E-state index contributed by atoms with van der Waals surface area (Å²) in [6, 6.07) is 11.2. The molecule has 0 heterocycles. The normalized spacial score (nSPS) is 10.4. The van der Waals surface area contributed by atoms with Gasteiger partial charge in [0, 0.05) is 25.9 Å². The van der Waals surface area contributed by atoms with E-state index in [1.54, 1.807) is 14.2 Å². The van der Waals surface area contributed by atoms with Crippen molar-refractivity contribution in [3.05, 3.63) is 47.5 Å². The fraction of sp³-hybridized carbons (Fsp3) is 0.500. The molecule has 0 spiro atoms. The van der Waals surface area contributed by atoms with Crippen LogP contribution >= 0.6 is 0 Å². The summed E-state index contributed by atoms with van der Waals surface area (Å²) in [5, 5.41) is 5.70. The lowest BCUT2D eigenvalue weighted by Crippen LogP contribution is -2.27. The number of carbonyl (C=O) groups excluding carboxylic acids is 2. The van der Waals surface area contributed by atoms with Crippen LogP contribution in [0.5, 0.6) is 23.0 Å². The average molecular weight is 501 g/mol. The Hall–Kier alpha value is -3.42. The van der Waals surface area contributed by atoms with Gasteiger partial charge in [-0.3, -0.25) is 9.59 Å². The fourth-order valence-corrected chi connectivity index (χ4v) is 3.34. The Balaban J connectivity index is 1.74. The van der Waals surface area contributed by atoms with Crippen LogP contribution in [0.1, 0.15) is 63.5 Å². The molecular formula is C28H40N2O6. The van der Waals surface area contributed by atoms with Crippen molar-refractivity contribution in [2.75, 3.05) is 27.4 Å². The van der Waals surface area contributed by atoms with Gasteiger partial charge in [0.2, 0.25) is 11.8 Å². The molecule has 0 fully saturated rings. The molecule has 2 N–H and O–H groups in total. The molecule has 0 atom stereocenters. The molecule has 0 aromatic heterocycles. The Morgan fingerprint density at radius 2 is 1.08 bits per heavy atom. The van der Waals surface area contributed by atoms with Crippen molar-refractivity contribution in [1.29, 1.82) is 0 Å². The summed E-state index contributed by atoms with van der Waals surface area (Å²) in [4.78, 5) is 24.5. The molecule has 36 heavy (non-hydrogen) atoms. The van der Waals surface area contributed by atoms with E-state index >= 15 is 0 Å². The highest BCUT2D eigenvalue weighted by molar-refractivity contribution is 5.83. The van der Waals surface area contributed by atoms with Gasteiger partial charge < -0.3 is 29.6 Å². The van der Waals surface area contributed by atoms with Crippen molar-refractivity contribution >= 4 is 11.8 Å². The molecule has 0 aliphatic carbocycles. The van der Waals surface area contributed by atoms with Crippen LogP contribution in [0.3, 0.4) is 0 Å². The van der Waals surface area contributed by atoms with E-state index in [2.05, 4.69) is 24.5 Å². The van der Waals surface area contributed by atoms with Crippen molar-refractivity contribution < 1.29 is 28.5 Å². The number of hydrogen-bond donors (Lipinski definition) is 2. The van der Waals surface area contributed by atoms with Crippen molar-refractivity contribution in [2.45, 2.75) is 65.5 Å². The molecule has 8 heteroatoms. The van der Waals surface area contributed by atoms with Gasteiger partial charge >= 0.3 is 0 Å². The highest BCUT2D eigenvalue weighted by Gasteiger charge is 2.11. The first-order valence-electron chi connectivity index (χ1n) is 12.6. The second-order valence-corrected chi connectivity index (χ2v) is 8.43. The summed E-state index contributed by atoms with van der Waals surface area (Å²) in [5.74, 6) is 2.26. The first kappa shape index (κ1) is 28.8. The Morgan fingerprint density at radius 3 is 1.44 bits per heavy atom. The number of rotatable bonds is 17. The van der Waals surface area contributed by atoms with E-state index in [0.717, 1.165) is 36.8 Å². The van der Waals surface area contributed by atoms with Crippen LogP contribution < -0.4 is 29.6 Å². The molecule has 0 saturated heterocycles. The van der Waals surface area contributed by atoms with Gasteiger partial charge in [-0.15, -0.1) is 0 Å². The van der Waals surface area contributed by atoms with Crippen LogP contribution in [-0.4, -0.2) is 39.2 Å². The zero-order valence-electron chi connectivity index (χ0n) is 22.0. The standard InChI is InChI=1S/C28H40N2O6/c1-5-7-15-35-23-11-9-21(17-25(23)33-3)19-29-27(31)13-14-28(32)30-20-22-10-12-24(26(18-22)34-4)36-16-8-6-2/h9-12,17-18H,5-8,13-16,19-20H2,1-4H3,(H,29,31)(H,30,32). The summed E-state index contributed by atoms with van der Waals surface area (Å²) in [6.45, 7) is 6.18. The quantitative estimate of drug-likeness (QED) is 0.304. The Morgan fingerprint density at radius 1 is 0.667 bits per heavy atom. The maximum Gasteiger partial charge on any atom is 0.220 e. The average Bonchev–Trinajstić information content (AvgIpc) is 2.90. The second kappa shape index (κ2) is 16.3. The van der Waals surface area contributed by atoms with E-state index in [1.807, 2.05) is 36.4 Å². The summed E-state index contributed by atoms with van der Waals surface area (Å²) in [6.07, 6.45) is 4.28. The molecule has 2 aromatic rings. The van der Waals surface area contributed by atoms with Crippen LogP contribution in [0, 0.1) is 0 Å². The molecule has 0 saturated carbocycles. The van der Waals surface area contributed by atoms with Crippen molar-refractivity contribution in [3.8, 4) is 23.0 Å². The summed E-state index contributed by atoms with van der Waals surface area (Å²) >= 11 is 0. The first-order chi connectivity index (χ1) is 17.5. The molecule has 0 aliphatic heterocycles. The molecule has 8 nitrogen and oxygen atoms in total. The minimum atomic E-state index is -0.192. The van der Waals surface area contributed by atoms with Gasteiger partial charge in [-0.1, -0.05) is 38.8 Å². The molecule has 2 aromatic carbocycles. The van der Waals surface area contributed by atoms with E-state index in [9.17, 15) is 9.59 Å². The van der Waals surface area contributed by atoms with E-state index in [1.165, 1.54) is 0 Å². The molecule has 0 aliphatic rings. The van der Waals surface area contributed by atoms with Crippen LogP contribution in [-0.2, 0) is 22.7 Å². The maximum absolute atomic E-state index is 12.2. The van der Waals surface area contributed by atoms with Gasteiger partial charge in [-0.2, -0.15) is 0 Å². The largest absolute Gasteiger partial charge is 0.493 e. The minimum Gasteiger partial charge on any atom is -0.493 e. The topological polar surface area (TPSA) is 95.1 Å². The third-order valence-corrected chi connectivity index (χ3v) is 5.53. The number of benzene rings is 2. The van der Waals surface area contributed by atoms with Gasteiger partial charge in [0.1, 0.15) is 0 Å². The Bertz CT molecular complexity index is 886. The predicted molar refractivity (Wildman–Crippen MR) is 140 cm³/mol. The van der Waals surface area contributed by atoms with Crippen molar-refractivity contribution in [2.24, 2.45) is 0 Å². The Labute approximate surface area is 214 Å². The van der Waals surface area contributed by atoms with E-state index in [-0.39, 0.29) is 24.7 Å². The van der Waals surface area contributed by atoms with Gasteiger partial charge in [0.15, 0.2) is 23.0 Å². The molecule has 0 bridgehead atoms. The van der Waals surface area contributed by atoms with Gasteiger partial charge in [-0.05, 0) is 48.2 Å². The van der Waals surface area contributed by atoms with E-state index in [4.69, 9.17) is 18.9 Å². The molecular weight excluding hydrogens is 460 g/mol. The smallest absolute Gasteiger partial charge is 0.220 e. The number of methoxy groups -OCH3 is 2. The third kappa shape index (κ3) is 10.1. The third-order valence-electron chi connectivity index (χ3n) is 5.53. The summed E-state index contributed by atoms with van der Waals surface area (Å²) in [5.41, 5.74) is 1.78. The lowest BCUT2D eigenvalue weighted by Gasteiger charge is -2.13. The van der Waals surface area contributed by atoms with Crippen LogP contribution in [0.25, 0.3) is 0 Å². The lowest BCUT2D eigenvalue weighted by molar-refractivity contribution is -0.126. The molecule has 0 unspecified atom stereocenters. The summed E-state index contributed by atoms with van der Waals surface area (Å²) in [7, 11) is 3.18. The van der Waals surface area contributed by atoms with Gasteiger partial charge in [0.25, 0.3) is 0 Å². The second-order valence-electron chi connectivity index (χ2n) is 8.43. The highest BCUT2D eigenvalue weighted by Crippen LogP contribution is 2.29. The van der Waals surface area contributed by atoms with Crippen LogP contribution in [0.2, 0.25) is 0 Å². The number of ether oxygens (including phenoxy) is 4. The van der Waals surface area contributed by atoms with Gasteiger partial charge in [-0.25, -0.2) is 0 Å². The SMILES string of the molecule is CCCCOc1ccc(CNC(=O)CCC(=O)NCc2ccc(OCCCC)c(OC)c2)cc1OC. The zero-order chi connectivity index (χ0) is 26.2. The zero-order valence-corrected chi connectivity index (χ0v) is 22.0. The number of hydrogen-bond acceptors (Lipinski definition) is 6. The van der Waals surface area contributed by atoms with Crippen molar-refractivity contribution in [1.82, 2.24) is 10.6 Å².